The minimum absolute atomic E-state index is 0.900. The molecule has 0 aliphatic heterocycles. The van der Waals surface area contributed by atoms with Crippen molar-refractivity contribution >= 4 is 0 Å². The van der Waals surface area contributed by atoms with E-state index in [0.29, 0.717) is 0 Å². The van der Waals surface area contributed by atoms with E-state index in [1.165, 1.54) is 89.9 Å². The monoisotopic (exact) mass is 341 g/mol. The zero-order valence-electron chi connectivity index (χ0n) is 17.6. The Balaban J connectivity index is 3.64. The van der Waals surface area contributed by atoms with Crippen LogP contribution < -0.4 is 0 Å². The molecule has 2 heteroatoms. The maximum absolute atomic E-state index is 5.25. The van der Waals surface area contributed by atoms with Crippen molar-refractivity contribution in [2.75, 3.05) is 20.7 Å². The van der Waals surface area contributed by atoms with Gasteiger partial charge in [-0.2, -0.15) is 5.06 Å². The maximum atomic E-state index is 5.25. The molecule has 0 rings (SSSR count). The zero-order chi connectivity index (χ0) is 18.0. The van der Waals surface area contributed by atoms with Gasteiger partial charge in [0.15, 0.2) is 0 Å². The highest BCUT2D eigenvalue weighted by Gasteiger charge is 2.09. The molecule has 0 fully saturated rings. The summed E-state index contributed by atoms with van der Waals surface area (Å²) < 4.78 is 0. The van der Waals surface area contributed by atoms with E-state index in [4.69, 9.17) is 4.84 Å². The summed E-state index contributed by atoms with van der Waals surface area (Å²) in [5, 5.41) is 1.97. The lowest BCUT2D eigenvalue weighted by Gasteiger charge is -2.20. The highest BCUT2D eigenvalue weighted by Crippen LogP contribution is 2.22. The summed E-state index contributed by atoms with van der Waals surface area (Å²) in [6.45, 7) is 8.06. The second-order valence-corrected chi connectivity index (χ2v) is 7.71. The standard InChI is InChI=1S/C22H47NO/c1-6-9-16-22(19-20-23(4)24-5)18-15-13-11-10-12-14-17-21(7-2)8-3/h21-22H,6-20H2,1-5H3. The Bertz CT molecular complexity index is 240. The number of unbranched alkanes of at least 4 members (excludes halogenated alkanes) is 6. The van der Waals surface area contributed by atoms with Gasteiger partial charge in [-0.05, 0) is 18.3 Å². The summed E-state index contributed by atoms with van der Waals surface area (Å²) >= 11 is 0. The van der Waals surface area contributed by atoms with Crippen molar-refractivity contribution < 1.29 is 4.84 Å². The van der Waals surface area contributed by atoms with Crippen LogP contribution in [0.3, 0.4) is 0 Å². The third-order valence-corrected chi connectivity index (χ3v) is 5.76. The molecule has 0 aliphatic rings. The first kappa shape index (κ1) is 23.9. The van der Waals surface area contributed by atoms with Crippen LogP contribution >= 0.6 is 0 Å². The minimum Gasteiger partial charge on any atom is -0.303 e. The molecule has 0 N–H and O–H groups in total. The van der Waals surface area contributed by atoms with Gasteiger partial charge in [0.2, 0.25) is 0 Å². The third kappa shape index (κ3) is 14.3. The number of hydrogen-bond acceptors (Lipinski definition) is 2. The first-order chi connectivity index (χ1) is 11.7. The average Bonchev–Trinajstić information content (AvgIpc) is 2.61. The van der Waals surface area contributed by atoms with Gasteiger partial charge in [-0.15, -0.1) is 0 Å². The van der Waals surface area contributed by atoms with Crippen LogP contribution in [0.15, 0.2) is 0 Å². The van der Waals surface area contributed by atoms with E-state index in [1.807, 2.05) is 12.1 Å². The van der Waals surface area contributed by atoms with Crippen molar-refractivity contribution in [3.63, 3.8) is 0 Å². The molecule has 146 valence electrons. The number of rotatable bonds is 18. The molecule has 24 heavy (non-hydrogen) atoms. The van der Waals surface area contributed by atoms with Gasteiger partial charge in [0, 0.05) is 13.6 Å². The predicted molar refractivity (Wildman–Crippen MR) is 108 cm³/mol. The average molecular weight is 342 g/mol. The normalized spacial score (nSPS) is 13.1. The molecular weight excluding hydrogens is 294 g/mol. The van der Waals surface area contributed by atoms with E-state index in [2.05, 4.69) is 20.8 Å². The van der Waals surface area contributed by atoms with Crippen LogP contribution in [-0.2, 0) is 4.84 Å². The summed E-state index contributed by atoms with van der Waals surface area (Å²) in [7, 11) is 3.81. The molecule has 0 saturated heterocycles. The topological polar surface area (TPSA) is 12.5 Å². The second-order valence-electron chi connectivity index (χ2n) is 7.71. The summed E-state index contributed by atoms with van der Waals surface area (Å²) in [5.74, 6) is 1.88. The van der Waals surface area contributed by atoms with Gasteiger partial charge in [0.05, 0.1) is 7.11 Å². The fourth-order valence-corrected chi connectivity index (χ4v) is 3.65. The first-order valence-corrected chi connectivity index (χ1v) is 10.9. The highest BCUT2D eigenvalue weighted by atomic mass is 16.7. The fraction of sp³-hybridized carbons (Fsp3) is 1.00. The van der Waals surface area contributed by atoms with E-state index in [0.717, 1.165) is 18.4 Å². The number of nitrogens with zero attached hydrogens (tertiary/aromatic N) is 1. The summed E-state index contributed by atoms with van der Waals surface area (Å²) in [4.78, 5) is 5.25. The van der Waals surface area contributed by atoms with Crippen molar-refractivity contribution in [3.05, 3.63) is 0 Å². The van der Waals surface area contributed by atoms with Crippen LogP contribution in [0.4, 0.5) is 0 Å². The molecule has 0 aromatic rings. The van der Waals surface area contributed by atoms with Crippen LogP contribution in [0.5, 0.6) is 0 Å². The third-order valence-electron chi connectivity index (χ3n) is 5.76. The van der Waals surface area contributed by atoms with Crippen molar-refractivity contribution in [1.82, 2.24) is 5.06 Å². The molecule has 0 radical (unpaired) electrons. The Morgan fingerprint density at radius 1 is 0.667 bits per heavy atom. The Morgan fingerprint density at radius 3 is 1.67 bits per heavy atom. The van der Waals surface area contributed by atoms with Gasteiger partial charge in [0.25, 0.3) is 0 Å². The highest BCUT2D eigenvalue weighted by molar-refractivity contribution is 4.62. The Hall–Kier alpha value is -0.0800. The van der Waals surface area contributed by atoms with Crippen LogP contribution in [0.25, 0.3) is 0 Å². The van der Waals surface area contributed by atoms with E-state index in [9.17, 15) is 0 Å². The molecule has 0 amide bonds. The Labute approximate surface area is 153 Å². The van der Waals surface area contributed by atoms with Gasteiger partial charge in [-0.1, -0.05) is 104 Å². The van der Waals surface area contributed by atoms with Crippen LogP contribution in [-0.4, -0.2) is 25.8 Å². The van der Waals surface area contributed by atoms with E-state index < -0.39 is 0 Å². The van der Waals surface area contributed by atoms with Gasteiger partial charge in [0.1, 0.15) is 0 Å². The summed E-state index contributed by atoms with van der Waals surface area (Å²) in [6.07, 6.45) is 19.7. The summed E-state index contributed by atoms with van der Waals surface area (Å²) in [6, 6.07) is 0. The van der Waals surface area contributed by atoms with E-state index >= 15 is 0 Å². The Kier molecular flexibility index (Phi) is 17.7. The number of hydrogen-bond donors (Lipinski definition) is 0. The van der Waals surface area contributed by atoms with Crippen molar-refractivity contribution in [2.45, 2.75) is 111 Å². The second kappa shape index (κ2) is 17.7. The SMILES string of the molecule is CCCCC(CCCCCCCCC(CC)CC)CCN(C)OC. The van der Waals surface area contributed by atoms with Gasteiger partial charge in [-0.3, -0.25) is 0 Å². The molecule has 0 aromatic carbocycles. The quantitative estimate of drug-likeness (QED) is 0.192. The van der Waals surface area contributed by atoms with E-state index in [-0.39, 0.29) is 0 Å². The maximum Gasteiger partial charge on any atom is 0.0575 e. The molecule has 0 aliphatic carbocycles. The predicted octanol–water partition coefficient (Wildman–Crippen LogP) is 7.23. The fourth-order valence-electron chi connectivity index (χ4n) is 3.65. The lowest BCUT2D eigenvalue weighted by Crippen LogP contribution is -2.20. The van der Waals surface area contributed by atoms with E-state index in [1.54, 1.807) is 7.11 Å². The smallest absolute Gasteiger partial charge is 0.0575 e. The number of hydroxylamine groups is 2. The minimum atomic E-state index is 0.900. The van der Waals surface area contributed by atoms with Crippen molar-refractivity contribution in [1.29, 1.82) is 0 Å². The molecular formula is C22H47NO. The molecule has 1 unspecified atom stereocenters. The van der Waals surface area contributed by atoms with Crippen LogP contribution in [0.2, 0.25) is 0 Å². The van der Waals surface area contributed by atoms with Crippen LogP contribution in [0, 0.1) is 11.8 Å². The first-order valence-electron chi connectivity index (χ1n) is 10.9. The van der Waals surface area contributed by atoms with Gasteiger partial charge in [-0.25, -0.2) is 0 Å². The molecule has 0 aromatic heterocycles. The molecule has 1 atom stereocenters. The largest absolute Gasteiger partial charge is 0.303 e. The van der Waals surface area contributed by atoms with Crippen molar-refractivity contribution in [2.24, 2.45) is 11.8 Å². The van der Waals surface area contributed by atoms with Crippen LogP contribution in [0.1, 0.15) is 111 Å². The molecule has 0 heterocycles. The van der Waals surface area contributed by atoms with Gasteiger partial charge < -0.3 is 4.84 Å². The van der Waals surface area contributed by atoms with Gasteiger partial charge >= 0.3 is 0 Å². The van der Waals surface area contributed by atoms with Crippen molar-refractivity contribution in [3.8, 4) is 0 Å². The summed E-state index contributed by atoms with van der Waals surface area (Å²) in [5.41, 5.74) is 0. The lowest BCUT2D eigenvalue weighted by atomic mass is 9.92. The molecule has 0 spiro atoms. The zero-order valence-corrected chi connectivity index (χ0v) is 17.6. The molecule has 0 saturated carbocycles. The lowest BCUT2D eigenvalue weighted by molar-refractivity contribution is -0.111. The molecule has 0 bridgehead atoms. The molecule has 2 nitrogen and oxygen atoms in total. The Morgan fingerprint density at radius 2 is 1.17 bits per heavy atom.